The van der Waals surface area contributed by atoms with Crippen molar-refractivity contribution in [1.29, 1.82) is 0 Å². The van der Waals surface area contributed by atoms with Crippen LogP contribution >= 0.6 is 11.8 Å². The first-order chi connectivity index (χ1) is 9.66. The van der Waals surface area contributed by atoms with Gasteiger partial charge in [0.1, 0.15) is 5.92 Å². The molecule has 0 aliphatic carbocycles. The van der Waals surface area contributed by atoms with Gasteiger partial charge in [0.15, 0.2) is 5.17 Å². The maximum Gasteiger partial charge on any atom is 0.262 e. The fourth-order valence-electron chi connectivity index (χ4n) is 2.16. The number of carbonyl (C=O) groups excluding carboxylic acids is 1. The summed E-state index contributed by atoms with van der Waals surface area (Å²) < 4.78 is 0. The number of thioether (sulfide) groups is 1. The van der Waals surface area contributed by atoms with Gasteiger partial charge in [-0.2, -0.15) is 15.2 Å². The van der Waals surface area contributed by atoms with Crippen LogP contribution in [0.2, 0.25) is 0 Å². The monoisotopic (exact) mass is 287 g/mol. The lowest BCUT2D eigenvalue weighted by Crippen LogP contribution is -2.35. The highest BCUT2D eigenvalue weighted by molar-refractivity contribution is 8.14. The Kier molecular flexibility index (Phi) is 3.27. The summed E-state index contributed by atoms with van der Waals surface area (Å²) in [6, 6.07) is 9.35. The minimum atomic E-state index is -0.431. The van der Waals surface area contributed by atoms with Crippen molar-refractivity contribution in [2.24, 2.45) is 27.0 Å². The molecule has 0 fully saturated rings. The predicted molar refractivity (Wildman–Crippen MR) is 82.0 cm³/mol. The standard InChI is InChI=1S/C13H13N5OS/c1-8-11(10-7-20-13(14)16-15-10)12(19)18(17-8)9-5-3-2-4-6-9/h2-6,11H,7H2,1H3,(H2,14,16). The first-order valence-electron chi connectivity index (χ1n) is 6.13. The molecule has 6 nitrogen and oxygen atoms in total. The number of hydrazone groups is 1. The maximum absolute atomic E-state index is 12.5. The van der Waals surface area contributed by atoms with Crippen molar-refractivity contribution in [1.82, 2.24) is 0 Å². The Balaban J connectivity index is 1.90. The van der Waals surface area contributed by atoms with Crippen LogP contribution in [-0.4, -0.2) is 28.3 Å². The molecule has 2 aliphatic heterocycles. The summed E-state index contributed by atoms with van der Waals surface area (Å²) in [5, 5.41) is 14.1. The zero-order valence-electron chi connectivity index (χ0n) is 10.9. The maximum atomic E-state index is 12.5. The average Bonchev–Trinajstić information content (AvgIpc) is 2.76. The van der Waals surface area contributed by atoms with Gasteiger partial charge < -0.3 is 5.73 Å². The molecule has 2 N–H and O–H groups in total. The number of amidine groups is 1. The van der Waals surface area contributed by atoms with Gasteiger partial charge in [0.25, 0.3) is 5.91 Å². The molecular formula is C13H13N5OS. The number of nitrogens with zero attached hydrogens (tertiary/aromatic N) is 4. The lowest BCUT2D eigenvalue weighted by molar-refractivity contribution is -0.118. The van der Waals surface area contributed by atoms with Crippen LogP contribution in [-0.2, 0) is 4.79 Å². The third-order valence-electron chi connectivity index (χ3n) is 3.11. The average molecular weight is 287 g/mol. The van der Waals surface area contributed by atoms with E-state index in [1.165, 1.54) is 16.8 Å². The molecule has 1 aromatic rings. The van der Waals surface area contributed by atoms with E-state index in [1.807, 2.05) is 37.3 Å². The van der Waals surface area contributed by atoms with Crippen LogP contribution in [0.25, 0.3) is 0 Å². The van der Waals surface area contributed by atoms with Crippen molar-refractivity contribution in [2.75, 3.05) is 10.8 Å². The van der Waals surface area contributed by atoms with Crippen LogP contribution in [0.5, 0.6) is 0 Å². The van der Waals surface area contributed by atoms with E-state index in [1.54, 1.807) is 0 Å². The lowest BCUT2D eigenvalue weighted by atomic mass is 9.99. The highest BCUT2D eigenvalue weighted by atomic mass is 32.2. The largest absolute Gasteiger partial charge is 0.377 e. The molecule has 1 amide bonds. The second kappa shape index (κ2) is 5.09. The Bertz CT molecular complexity index is 637. The quantitative estimate of drug-likeness (QED) is 0.893. The zero-order valence-corrected chi connectivity index (χ0v) is 11.7. The first kappa shape index (κ1) is 12.9. The molecule has 0 aromatic heterocycles. The molecule has 20 heavy (non-hydrogen) atoms. The summed E-state index contributed by atoms with van der Waals surface area (Å²) in [4.78, 5) is 12.5. The number of anilines is 1. The molecule has 2 heterocycles. The van der Waals surface area contributed by atoms with E-state index in [0.29, 0.717) is 16.6 Å². The minimum absolute atomic E-state index is 0.0938. The summed E-state index contributed by atoms with van der Waals surface area (Å²) in [7, 11) is 0. The van der Waals surface area contributed by atoms with Crippen molar-refractivity contribution in [2.45, 2.75) is 6.92 Å². The number of hydrogen-bond donors (Lipinski definition) is 1. The number of amides is 1. The summed E-state index contributed by atoms with van der Waals surface area (Å²) in [6.07, 6.45) is 0. The van der Waals surface area contributed by atoms with Gasteiger partial charge >= 0.3 is 0 Å². The Hall–Kier alpha value is -2.15. The fourth-order valence-corrected chi connectivity index (χ4v) is 2.78. The summed E-state index contributed by atoms with van der Waals surface area (Å²) in [5.74, 6) is 0.0459. The van der Waals surface area contributed by atoms with E-state index in [2.05, 4.69) is 15.3 Å². The number of para-hydroxylation sites is 1. The Labute approximate surface area is 120 Å². The fraction of sp³-hybridized carbons (Fsp3) is 0.231. The van der Waals surface area contributed by atoms with Gasteiger partial charge in [-0.1, -0.05) is 30.0 Å². The molecule has 102 valence electrons. The van der Waals surface area contributed by atoms with E-state index < -0.39 is 5.92 Å². The topological polar surface area (TPSA) is 83.4 Å². The number of benzene rings is 1. The normalized spacial score (nSPS) is 22.4. The third-order valence-corrected chi connectivity index (χ3v) is 3.93. The van der Waals surface area contributed by atoms with E-state index >= 15 is 0 Å². The second-order valence-electron chi connectivity index (χ2n) is 4.48. The third kappa shape index (κ3) is 2.20. The van der Waals surface area contributed by atoms with Crippen molar-refractivity contribution in [3.63, 3.8) is 0 Å². The smallest absolute Gasteiger partial charge is 0.262 e. The summed E-state index contributed by atoms with van der Waals surface area (Å²) >= 11 is 1.39. The van der Waals surface area contributed by atoms with Crippen LogP contribution in [0, 0.1) is 5.92 Å². The number of rotatable bonds is 2. The van der Waals surface area contributed by atoms with Crippen molar-refractivity contribution < 1.29 is 4.79 Å². The lowest BCUT2D eigenvalue weighted by Gasteiger charge is -2.16. The van der Waals surface area contributed by atoms with Crippen LogP contribution < -0.4 is 10.7 Å². The number of carbonyl (C=O) groups is 1. The summed E-state index contributed by atoms with van der Waals surface area (Å²) in [5.41, 5.74) is 7.75. The van der Waals surface area contributed by atoms with Gasteiger partial charge in [0, 0.05) is 5.75 Å². The van der Waals surface area contributed by atoms with E-state index in [9.17, 15) is 4.79 Å². The van der Waals surface area contributed by atoms with Crippen LogP contribution in [0.15, 0.2) is 45.6 Å². The SMILES string of the molecule is CC1=NN(c2ccccc2)C(=O)C1C1=NN=C(N)SC1. The highest BCUT2D eigenvalue weighted by Gasteiger charge is 2.38. The molecule has 0 saturated carbocycles. The predicted octanol–water partition coefficient (Wildman–Crippen LogP) is 1.44. The van der Waals surface area contributed by atoms with E-state index in [-0.39, 0.29) is 5.91 Å². The molecule has 7 heteroatoms. The van der Waals surface area contributed by atoms with Gasteiger partial charge in [0.2, 0.25) is 0 Å². The van der Waals surface area contributed by atoms with Gasteiger partial charge in [-0.25, -0.2) is 0 Å². The highest BCUT2D eigenvalue weighted by Crippen LogP contribution is 2.26. The number of nitrogens with two attached hydrogens (primary N) is 1. The summed E-state index contributed by atoms with van der Waals surface area (Å²) in [6.45, 7) is 1.83. The van der Waals surface area contributed by atoms with Crippen molar-refractivity contribution >= 4 is 39.9 Å². The second-order valence-corrected chi connectivity index (χ2v) is 5.47. The Morgan fingerprint density at radius 2 is 2.05 bits per heavy atom. The molecule has 3 rings (SSSR count). The Morgan fingerprint density at radius 3 is 2.70 bits per heavy atom. The molecule has 1 unspecified atom stereocenters. The molecular weight excluding hydrogens is 274 g/mol. The van der Waals surface area contributed by atoms with E-state index in [4.69, 9.17) is 5.73 Å². The molecule has 2 aliphatic rings. The molecule has 0 saturated heterocycles. The minimum Gasteiger partial charge on any atom is -0.377 e. The van der Waals surface area contributed by atoms with Gasteiger partial charge in [-0.3, -0.25) is 4.79 Å². The van der Waals surface area contributed by atoms with E-state index in [0.717, 1.165) is 11.4 Å². The zero-order chi connectivity index (χ0) is 14.1. The van der Waals surface area contributed by atoms with Gasteiger partial charge in [-0.15, -0.1) is 5.10 Å². The molecule has 0 bridgehead atoms. The first-order valence-corrected chi connectivity index (χ1v) is 7.12. The molecule has 1 aromatic carbocycles. The van der Waals surface area contributed by atoms with Crippen LogP contribution in [0.4, 0.5) is 5.69 Å². The van der Waals surface area contributed by atoms with Crippen molar-refractivity contribution in [3.05, 3.63) is 30.3 Å². The Morgan fingerprint density at radius 1 is 1.30 bits per heavy atom. The molecule has 0 radical (unpaired) electrons. The van der Waals surface area contributed by atoms with Crippen LogP contribution in [0.3, 0.4) is 0 Å². The van der Waals surface area contributed by atoms with Crippen molar-refractivity contribution in [3.8, 4) is 0 Å². The van der Waals surface area contributed by atoms with Crippen LogP contribution in [0.1, 0.15) is 6.92 Å². The van der Waals surface area contributed by atoms with Gasteiger partial charge in [-0.05, 0) is 19.1 Å². The molecule has 0 spiro atoms. The number of hydrogen-bond acceptors (Lipinski definition) is 6. The van der Waals surface area contributed by atoms with Gasteiger partial charge in [0.05, 0.1) is 17.1 Å². The molecule has 1 atom stereocenters.